The van der Waals surface area contributed by atoms with Gasteiger partial charge in [0.05, 0.1) is 17.3 Å². The van der Waals surface area contributed by atoms with Crippen molar-refractivity contribution in [3.05, 3.63) is 78.0 Å². The number of carbonyl (C=O) groups excluding carboxylic acids is 1. The molecule has 1 N–H and O–H groups in total. The lowest BCUT2D eigenvalue weighted by Gasteiger charge is -2.18. The monoisotopic (exact) mass is 290 g/mol. The summed E-state index contributed by atoms with van der Waals surface area (Å²) in [5.74, 6) is -0.0455. The molecule has 0 fully saturated rings. The number of amides is 1. The number of fused-ring (bicyclic) bond motifs is 1. The molecule has 3 nitrogen and oxygen atoms in total. The van der Waals surface area contributed by atoms with Gasteiger partial charge in [0.1, 0.15) is 0 Å². The van der Waals surface area contributed by atoms with Gasteiger partial charge in [-0.05, 0) is 24.1 Å². The molecular weight excluding hydrogens is 272 g/mol. The van der Waals surface area contributed by atoms with Gasteiger partial charge in [0.25, 0.3) is 0 Å². The van der Waals surface area contributed by atoms with Crippen LogP contribution in [-0.4, -0.2) is 10.9 Å². The molecule has 1 unspecified atom stereocenters. The van der Waals surface area contributed by atoms with Crippen LogP contribution in [0.2, 0.25) is 0 Å². The summed E-state index contributed by atoms with van der Waals surface area (Å²) in [6, 6.07) is 22.1. The zero-order valence-corrected chi connectivity index (χ0v) is 12.5. The van der Waals surface area contributed by atoms with Crippen LogP contribution in [-0.2, 0) is 11.2 Å². The van der Waals surface area contributed by atoms with Crippen LogP contribution in [0, 0.1) is 0 Å². The first-order valence-corrected chi connectivity index (χ1v) is 7.39. The van der Waals surface area contributed by atoms with Crippen LogP contribution in [0.15, 0.2) is 66.7 Å². The number of carbonyl (C=O) groups is 1. The molecule has 0 aliphatic carbocycles. The molecule has 3 rings (SSSR count). The van der Waals surface area contributed by atoms with Crippen molar-refractivity contribution >= 4 is 16.8 Å². The highest BCUT2D eigenvalue weighted by atomic mass is 16.1. The van der Waals surface area contributed by atoms with E-state index in [0.29, 0.717) is 0 Å². The van der Waals surface area contributed by atoms with Crippen LogP contribution in [0.1, 0.15) is 24.2 Å². The Bertz CT molecular complexity index is 784. The Balaban J connectivity index is 1.94. The van der Waals surface area contributed by atoms with E-state index in [1.54, 1.807) is 6.92 Å². The third kappa shape index (κ3) is 3.31. The van der Waals surface area contributed by atoms with Gasteiger partial charge in [0.15, 0.2) is 0 Å². The number of hydrogen-bond donors (Lipinski definition) is 1. The number of aromatic nitrogens is 1. The van der Waals surface area contributed by atoms with E-state index in [1.807, 2.05) is 48.5 Å². The summed E-state index contributed by atoms with van der Waals surface area (Å²) in [5, 5.41) is 4.11. The molecule has 1 atom stereocenters. The maximum atomic E-state index is 11.5. The van der Waals surface area contributed by atoms with Gasteiger partial charge in [0.2, 0.25) is 5.91 Å². The summed E-state index contributed by atoms with van der Waals surface area (Å²) in [4.78, 5) is 16.3. The minimum absolute atomic E-state index is 0.0455. The number of benzene rings is 2. The predicted octanol–water partition coefficient (Wildman–Crippen LogP) is 3.65. The fourth-order valence-corrected chi connectivity index (χ4v) is 2.60. The minimum atomic E-state index is -0.121. The second-order valence-corrected chi connectivity index (χ2v) is 5.37. The number of pyridine rings is 1. The smallest absolute Gasteiger partial charge is 0.217 e. The van der Waals surface area contributed by atoms with Gasteiger partial charge in [-0.2, -0.15) is 0 Å². The number of nitrogens with zero attached hydrogens (tertiary/aromatic N) is 1. The SMILES string of the molecule is CC(=O)NC(Cc1ccccc1)c1ccc2ccccc2n1. The Morgan fingerprint density at radius 3 is 2.50 bits per heavy atom. The van der Waals surface area contributed by atoms with E-state index >= 15 is 0 Å². The minimum Gasteiger partial charge on any atom is -0.348 e. The molecule has 0 saturated carbocycles. The van der Waals surface area contributed by atoms with Crippen molar-refractivity contribution < 1.29 is 4.79 Å². The summed E-state index contributed by atoms with van der Waals surface area (Å²) >= 11 is 0. The predicted molar refractivity (Wildman–Crippen MR) is 88.4 cm³/mol. The van der Waals surface area contributed by atoms with Gasteiger partial charge in [-0.25, -0.2) is 0 Å². The van der Waals surface area contributed by atoms with Crippen LogP contribution in [0.5, 0.6) is 0 Å². The first kappa shape index (κ1) is 14.3. The lowest BCUT2D eigenvalue weighted by molar-refractivity contribution is -0.119. The first-order chi connectivity index (χ1) is 10.7. The Kier molecular flexibility index (Phi) is 4.15. The number of rotatable bonds is 4. The molecule has 0 saturated heterocycles. The van der Waals surface area contributed by atoms with Gasteiger partial charge in [-0.15, -0.1) is 0 Å². The molecule has 0 aliphatic rings. The molecule has 2 aromatic carbocycles. The summed E-state index contributed by atoms with van der Waals surface area (Å²) in [5.41, 5.74) is 3.01. The fourth-order valence-electron chi connectivity index (χ4n) is 2.60. The van der Waals surface area contributed by atoms with Crippen LogP contribution in [0.4, 0.5) is 0 Å². The molecular formula is C19H18N2O. The lowest BCUT2D eigenvalue weighted by Crippen LogP contribution is -2.28. The van der Waals surface area contributed by atoms with Crippen LogP contribution in [0.3, 0.4) is 0 Å². The van der Waals surface area contributed by atoms with E-state index in [-0.39, 0.29) is 11.9 Å². The van der Waals surface area contributed by atoms with E-state index in [9.17, 15) is 4.79 Å². The molecule has 1 aromatic heterocycles. The third-order valence-electron chi connectivity index (χ3n) is 3.64. The van der Waals surface area contributed by atoms with Crippen molar-refractivity contribution in [2.45, 2.75) is 19.4 Å². The fraction of sp³-hybridized carbons (Fsp3) is 0.158. The highest BCUT2D eigenvalue weighted by Crippen LogP contribution is 2.20. The van der Waals surface area contributed by atoms with Crippen molar-refractivity contribution in [1.29, 1.82) is 0 Å². The quantitative estimate of drug-likeness (QED) is 0.797. The van der Waals surface area contributed by atoms with Crippen LogP contribution < -0.4 is 5.32 Å². The molecule has 3 heteroatoms. The van der Waals surface area contributed by atoms with E-state index < -0.39 is 0 Å². The molecule has 1 amide bonds. The first-order valence-electron chi connectivity index (χ1n) is 7.39. The standard InChI is InChI=1S/C19H18N2O/c1-14(22)20-19(13-15-7-3-2-4-8-15)18-12-11-16-9-5-6-10-17(16)21-18/h2-12,19H,13H2,1H3,(H,20,22). The second-order valence-electron chi connectivity index (χ2n) is 5.37. The Hall–Kier alpha value is -2.68. The summed E-state index contributed by atoms with van der Waals surface area (Å²) in [6.45, 7) is 1.54. The molecule has 110 valence electrons. The largest absolute Gasteiger partial charge is 0.348 e. The average Bonchev–Trinajstić information content (AvgIpc) is 2.54. The highest BCUT2D eigenvalue weighted by Gasteiger charge is 2.15. The van der Waals surface area contributed by atoms with Gasteiger partial charge in [-0.1, -0.05) is 54.6 Å². The summed E-state index contributed by atoms with van der Waals surface area (Å²) in [7, 11) is 0. The third-order valence-corrected chi connectivity index (χ3v) is 3.64. The molecule has 0 spiro atoms. The topological polar surface area (TPSA) is 42.0 Å². The molecule has 0 bridgehead atoms. The molecule has 0 radical (unpaired) electrons. The van der Waals surface area contributed by atoms with Crippen molar-refractivity contribution in [2.24, 2.45) is 0 Å². The zero-order valence-electron chi connectivity index (χ0n) is 12.5. The molecule has 3 aromatic rings. The zero-order chi connectivity index (χ0) is 15.4. The van der Waals surface area contributed by atoms with Crippen molar-refractivity contribution in [3.63, 3.8) is 0 Å². The van der Waals surface area contributed by atoms with E-state index in [2.05, 4.69) is 23.5 Å². The molecule has 0 aliphatic heterocycles. The van der Waals surface area contributed by atoms with Gasteiger partial charge >= 0.3 is 0 Å². The van der Waals surface area contributed by atoms with E-state index in [0.717, 1.165) is 23.0 Å². The summed E-state index contributed by atoms with van der Waals surface area (Å²) in [6.07, 6.45) is 0.728. The molecule has 1 heterocycles. The van der Waals surface area contributed by atoms with Gasteiger partial charge in [-0.3, -0.25) is 9.78 Å². The van der Waals surface area contributed by atoms with Crippen molar-refractivity contribution in [2.75, 3.05) is 0 Å². The Labute approximate surface area is 130 Å². The molecule has 22 heavy (non-hydrogen) atoms. The average molecular weight is 290 g/mol. The maximum absolute atomic E-state index is 11.5. The highest BCUT2D eigenvalue weighted by molar-refractivity contribution is 5.78. The van der Waals surface area contributed by atoms with Crippen LogP contribution in [0.25, 0.3) is 10.9 Å². The van der Waals surface area contributed by atoms with Crippen LogP contribution >= 0.6 is 0 Å². The Morgan fingerprint density at radius 2 is 1.73 bits per heavy atom. The number of nitrogens with one attached hydrogen (secondary N) is 1. The Morgan fingerprint density at radius 1 is 1.00 bits per heavy atom. The number of hydrogen-bond acceptors (Lipinski definition) is 2. The van der Waals surface area contributed by atoms with Gasteiger partial charge in [0, 0.05) is 12.3 Å². The maximum Gasteiger partial charge on any atom is 0.217 e. The van der Waals surface area contributed by atoms with Crippen molar-refractivity contribution in [1.82, 2.24) is 10.3 Å². The van der Waals surface area contributed by atoms with Gasteiger partial charge < -0.3 is 5.32 Å². The number of para-hydroxylation sites is 1. The second kappa shape index (κ2) is 6.39. The lowest BCUT2D eigenvalue weighted by atomic mass is 10.0. The van der Waals surface area contributed by atoms with E-state index in [1.165, 1.54) is 5.56 Å². The van der Waals surface area contributed by atoms with Crippen molar-refractivity contribution in [3.8, 4) is 0 Å². The summed E-state index contributed by atoms with van der Waals surface area (Å²) < 4.78 is 0. The normalized spacial score (nSPS) is 12.0. The van der Waals surface area contributed by atoms with E-state index in [4.69, 9.17) is 4.98 Å².